The Bertz CT molecular complexity index is 1750. The lowest BCUT2D eigenvalue weighted by molar-refractivity contribution is 0.624. The summed E-state index contributed by atoms with van der Waals surface area (Å²) in [5, 5.41) is 10.6. The van der Waals surface area contributed by atoms with Gasteiger partial charge in [0.1, 0.15) is 22.8 Å². The van der Waals surface area contributed by atoms with Crippen molar-refractivity contribution in [3.63, 3.8) is 0 Å². The maximum atomic E-state index is 15.8. The van der Waals surface area contributed by atoms with Crippen LogP contribution >= 0.6 is 0 Å². The average Bonchev–Trinajstić information content (AvgIpc) is 3.60. The highest BCUT2D eigenvalue weighted by atomic mass is 19.1. The van der Waals surface area contributed by atoms with Gasteiger partial charge >= 0.3 is 0 Å². The van der Waals surface area contributed by atoms with Gasteiger partial charge in [0.2, 0.25) is 0 Å². The topological polar surface area (TPSA) is 82.3 Å². The van der Waals surface area contributed by atoms with Crippen LogP contribution in [0, 0.1) is 11.6 Å². The first-order chi connectivity index (χ1) is 19.9. The third-order valence-corrected chi connectivity index (χ3v) is 5.94. The van der Waals surface area contributed by atoms with E-state index < -0.39 is 5.82 Å². The number of nitrogens with one attached hydrogen (secondary N) is 3. The number of hydrogen-bond acceptors (Lipinski definition) is 4. The largest absolute Gasteiger partial charge is 0.336 e. The van der Waals surface area contributed by atoms with Crippen molar-refractivity contribution in [2.45, 2.75) is 27.3 Å². The van der Waals surface area contributed by atoms with Crippen molar-refractivity contribution in [2.24, 2.45) is 0 Å². The molecule has 0 unspecified atom stereocenters. The van der Waals surface area contributed by atoms with Crippen LogP contribution < -0.4 is 5.32 Å². The van der Waals surface area contributed by atoms with Crippen LogP contribution in [-0.2, 0) is 6.54 Å². The molecule has 5 rings (SSSR count). The fraction of sp³-hybridized carbons (Fsp3) is 0.152. The number of aromatic nitrogens is 5. The van der Waals surface area contributed by atoms with E-state index in [0.29, 0.717) is 56.8 Å². The number of halogens is 2. The molecular formula is C33H34F2N6. The van der Waals surface area contributed by atoms with Crippen LogP contribution in [0.3, 0.4) is 0 Å². The molecule has 0 aliphatic heterocycles. The summed E-state index contributed by atoms with van der Waals surface area (Å²) < 4.78 is 30.2. The van der Waals surface area contributed by atoms with Crippen LogP contribution in [0.4, 0.5) is 8.78 Å². The first kappa shape index (κ1) is 30.6. The molecule has 0 amide bonds. The molecule has 0 fully saturated rings. The smallest absolute Gasteiger partial charge is 0.159 e. The van der Waals surface area contributed by atoms with E-state index in [1.807, 2.05) is 32.9 Å². The number of aromatic amines is 2. The summed E-state index contributed by atoms with van der Waals surface area (Å²) in [7, 11) is 1.80. The van der Waals surface area contributed by atoms with E-state index in [-0.39, 0.29) is 5.82 Å². The quantitative estimate of drug-likeness (QED) is 0.140. The zero-order valence-electron chi connectivity index (χ0n) is 23.8. The molecule has 0 aliphatic rings. The molecular weight excluding hydrogens is 518 g/mol. The minimum absolute atomic E-state index is 0.328. The number of fused-ring (bicyclic) bond motifs is 2. The van der Waals surface area contributed by atoms with Gasteiger partial charge in [-0.3, -0.25) is 10.1 Å². The molecule has 0 saturated heterocycles. The van der Waals surface area contributed by atoms with Gasteiger partial charge in [-0.25, -0.2) is 13.8 Å². The number of nitrogens with zero attached hydrogens (tertiary/aromatic N) is 3. The van der Waals surface area contributed by atoms with Gasteiger partial charge in [0, 0.05) is 23.9 Å². The highest BCUT2D eigenvalue weighted by molar-refractivity contribution is 5.98. The van der Waals surface area contributed by atoms with Crippen molar-refractivity contribution in [1.82, 2.24) is 30.5 Å². The summed E-state index contributed by atoms with van der Waals surface area (Å²) in [4.78, 5) is 12.4. The van der Waals surface area contributed by atoms with Crippen molar-refractivity contribution >= 4 is 27.5 Å². The van der Waals surface area contributed by atoms with Crippen LogP contribution in [0.2, 0.25) is 0 Å². The number of benzene rings is 2. The number of imidazole rings is 1. The summed E-state index contributed by atoms with van der Waals surface area (Å²) in [6.45, 7) is 16.3. The highest BCUT2D eigenvalue weighted by Crippen LogP contribution is 2.34. The molecule has 3 heterocycles. The lowest BCUT2D eigenvalue weighted by atomic mass is 10.0. The molecule has 210 valence electrons. The molecule has 0 bridgehead atoms. The van der Waals surface area contributed by atoms with Gasteiger partial charge < -0.3 is 10.3 Å². The Morgan fingerprint density at radius 2 is 1.83 bits per heavy atom. The van der Waals surface area contributed by atoms with Gasteiger partial charge in [0.25, 0.3) is 0 Å². The Morgan fingerprint density at radius 1 is 1.07 bits per heavy atom. The van der Waals surface area contributed by atoms with Gasteiger partial charge in [0.05, 0.1) is 22.1 Å². The standard InChI is InChI=1S/C28H24F2N6.C3H4.C2H6/c1-4-6-7-17(5-2)20-8-9-21-23(24(20)30)27(36-35-21)28-33-22-10-11-32-25(26(22)34-28)18-12-16(15-31-3)13-19(29)14-18;1-3-2;1-2/h4-14,31H,1,15H2,2-3H3,(H,33,34)(H,35,36);1-2H2;1-2H3/b7-6-,17-5+;;. The molecule has 3 N–H and O–H groups in total. The molecule has 3 aromatic heterocycles. The van der Waals surface area contributed by atoms with E-state index in [9.17, 15) is 4.39 Å². The second-order valence-corrected chi connectivity index (χ2v) is 8.53. The zero-order valence-corrected chi connectivity index (χ0v) is 23.8. The average molecular weight is 553 g/mol. The molecule has 0 aliphatic carbocycles. The van der Waals surface area contributed by atoms with Crippen molar-refractivity contribution in [1.29, 1.82) is 0 Å². The molecule has 0 saturated carbocycles. The summed E-state index contributed by atoms with van der Waals surface area (Å²) in [6.07, 6.45) is 8.68. The van der Waals surface area contributed by atoms with Crippen molar-refractivity contribution < 1.29 is 8.78 Å². The van der Waals surface area contributed by atoms with E-state index in [1.165, 1.54) is 12.1 Å². The maximum absolute atomic E-state index is 15.8. The lowest BCUT2D eigenvalue weighted by Gasteiger charge is -2.06. The number of rotatable bonds is 7. The van der Waals surface area contributed by atoms with Crippen LogP contribution in [0.5, 0.6) is 0 Å². The van der Waals surface area contributed by atoms with Crippen LogP contribution in [0.25, 0.3) is 50.3 Å². The molecule has 5 aromatic rings. The summed E-state index contributed by atoms with van der Waals surface area (Å²) in [5.74, 6) is -0.374. The summed E-state index contributed by atoms with van der Waals surface area (Å²) >= 11 is 0. The minimum Gasteiger partial charge on any atom is -0.336 e. The number of allylic oxidation sites excluding steroid dienone is 5. The van der Waals surface area contributed by atoms with E-state index in [0.717, 1.165) is 11.1 Å². The molecule has 0 atom stereocenters. The molecule has 0 spiro atoms. The third kappa shape index (κ3) is 6.64. The normalized spacial score (nSPS) is 11.1. The number of pyridine rings is 1. The van der Waals surface area contributed by atoms with Crippen LogP contribution in [0.15, 0.2) is 92.4 Å². The summed E-state index contributed by atoms with van der Waals surface area (Å²) in [6, 6.07) is 10.1. The maximum Gasteiger partial charge on any atom is 0.159 e. The van der Waals surface area contributed by atoms with E-state index >= 15 is 4.39 Å². The molecule has 41 heavy (non-hydrogen) atoms. The lowest BCUT2D eigenvalue weighted by Crippen LogP contribution is -2.05. The predicted octanol–water partition coefficient (Wildman–Crippen LogP) is 8.29. The highest BCUT2D eigenvalue weighted by Gasteiger charge is 2.20. The van der Waals surface area contributed by atoms with Gasteiger partial charge in [-0.2, -0.15) is 5.10 Å². The molecule has 8 heteroatoms. The van der Waals surface area contributed by atoms with Gasteiger partial charge in [0.15, 0.2) is 5.82 Å². The predicted molar refractivity (Wildman–Crippen MR) is 166 cm³/mol. The van der Waals surface area contributed by atoms with Crippen molar-refractivity contribution in [2.75, 3.05) is 7.05 Å². The first-order valence-corrected chi connectivity index (χ1v) is 13.2. The van der Waals surface area contributed by atoms with Crippen molar-refractivity contribution in [3.05, 3.63) is 115 Å². The Kier molecular flexibility index (Phi) is 10.8. The third-order valence-electron chi connectivity index (χ3n) is 5.94. The SMILES string of the molecule is C=C/C=C\C(=C/C)c1ccc2[nH]nc(-c3nc4c(-c5cc(F)cc(CNC)c5)nccc4[nH]3)c2c1F.C=C=C.CC. The van der Waals surface area contributed by atoms with Gasteiger partial charge in [-0.1, -0.05) is 57.9 Å². The van der Waals surface area contributed by atoms with Gasteiger partial charge in [-0.05, 0) is 61.5 Å². The van der Waals surface area contributed by atoms with Crippen molar-refractivity contribution in [3.8, 4) is 22.8 Å². The number of hydrogen-bond donors (Lipinski definition) is 3. The molecule has 6 nitrogen and oxygen atoms in total. The Balaban J connectivity index is 0.000000868. The summed E-state index contributed by atoms with van der Waals surface area (Å²) in [5.41, 5.74) is 7.48. The molecule has 2 aromatic carbocycles. The second kappa shape index (κ2) is 14.5. The molecule has 0 radical (unpaired) electrons. The first-order valence-electron chi connectivity index (χ1n) is 13.2. The zero-order chi connectivity index (χ0) is 29.9. The van der Waals surface area contributed by atoms with Crippen LogP contribution in [-0.4, -0.2) is 32.2 Å². The Morgan fingerprint density at radius 3 is 2.51 bits per heavy atom. The Hall–Kier alpha value is -4.91. The second-order valence-electron chi connectivity index (χ2n) is 8.53. The fourth-order valence-electron chi connectivity index (χ4n) is 4.33. The van der Waals surface area contributed by atoms with Crippen LogP contribution in [0.1, 0.15) is 31.9 Å². The van der Waals surface area contributed by atoms with E-state index in [4.69, 9.17) is 4.98 Å². The Labute approximate surface area is 239 Å². The number of H-pyrrole nitrogens is 2. The van der Waals surface area contributed by atoms with E-state index in [1.54, 1.807) is 49.7 Å². The monoisotopic (exact) mass is 552 g/mol. The minimum atomic E-state index is -0.404. The van der Waals surface area contributed by atoms with Gasteiger partial charge in [-0.15, -0.1) is 5.73 Å². The fourth-order valence-corrected chi connectivity index (χ4v) is 4.33. The van der Waals surface area contributed by atoms with E-state index in [2.05, 4.69) is 51.0 Å².